The van der Waals surface area contributed by atoms with Crippen LogP contribution in [0.2, 0.25) is 0 Å². The quantitative estimate of drug-likeness (QED) is 0.699. The van der Waals surface area contributed by atoms with Crippen molar-refractivity contribution in [1.29, 1.82) is 0 Å². The molecule has 1 aromatic rings. The van der Waals surface area contributed by atoms with Gasteiger partial charge in [-0.05, 0) is 23.6 Å². The topological polar surface area (TPSA) is 16.1 Å². The second-order valence-electron chi connectivity index (χ2n) is 3.82. The Morgan fingerprint density at radius 3 is 2.69 bits per heavy atom. The summed E-state index contributed by atoms with van der Waals surface area (Å²) >= 11 is 0. The number of rotatable bonds is 3. The maximum atomic E-state index is 4.01. The van der Waals surface area contributed by atoms with E-state index < -0.39 is 0 Å². The van der Waals surface area contributed by atoms with E-state index >= 15 is 0 Å². The highest BCUT2D eigenvalue weighted by Gasteiger charge is 2.24. The molecule has 1 fully saturated rings. The van der Waals surface area contributed by atoms with Gasteiger partial charge >= 0.3 is 0 Å². The zero-order valence-corrected chi connectivity index (χ0v) is 8.11. The lowest BCUT2D eigenvalue weighted by Crippen LogP contribution is -2.45. The third kappa shape index (κ3) is 2.07. The van der Waals surface area contributed by atoms with Gasteiger partial charge in [0.15, 0.2) is 0 Å². The van der Waals surface area contributed by atoms with Crippen molar-refractivity contribution in [2.45, 2.75) is 19.9 Å². The number of likely N-dealkylation sites (tertiary alicyclic amines) is 1. The number of pyridine rings is 1. The Kier molecular flexibility index (Phi) is 2.60. The van der Waals surface area contributed by atoms with Crippen LogP contribution in [-0.4, -0.2) is 23.0 Å². The van der Waals surface area contributed by atoms with Crippen LogP contribution in [0, 0.1) is 5.92 Å². The van der Waals surface area contributed by atoms with E-state index in [-0.39, 0.29) is 0 Å². The molecule has 0 unspecified atom stereocenters. The summed E-state index contributed by atoms with van der Waals surface area (Å²) in [4.78, 5) is 6.50. The summed E-state index contributed by atoms with van der Waals surface area (Å²) in [5, 5.41) is 0. The van der Waals surface area contributed by atoms with Gasteiger partial charge in [0.25, 0.3) is 0 Å². The molecule has 0 aromatic carbocycles. The van der Waals surface area contributed by atoms with Crippen molar-refractivity contribution in [2.24, 2.45) is 5.92 Å². The van der Waals surface area contributed by atoms with Crippen LogP contribution >= 0.6 is 0 Å². The van der Waals surface area contributed by atoms with Crippen LogP contribution in [0.15, 0.2) is 24.5 Å². The molecule has 0 saturated carbocycles. The first-order valence-electron chi connectivity index (χ1n) is 4.99. The lowest BCUT2D eigenvalue weighted by atomic mass is 9.97. The SMILES string of the molecule is CCC1CN(Cc2ccncc2)C1. The third-order valence-corrected chi connectivity index (χ3v) is 2.77. The largest absolute Gasteiger partial charge is 0.298 e. The maximum Gasteiger partial charge on any atom is 0.0271 e. The van der Waals surface area contributed by atoms with Crippen LogP contribution in [0.25, 0.3) is 0 Å². The highest BCUT2D eigenvalue weighted by Crippen LogP contribution is 2.20. The van der Waals surface area contributed by atoms with Crippen LogP contribution in [-0.2, 0) is 6.54 Å². The lowest BCUT2D eigenvalue weighted by Gasteiger charge is -2.38. The molecule has 13 heavy (non-hydrogen) atoms. The molecule has 0 aliphatic carbocycles. The number of aromatic nitrogens is 1. The first-order chi connectivity index (χ1) is 6.38. The average molecular weight is 176 g/mol. The summed E-state index contributed by atoms with van der Waals surface area (Å²) in [6, 6.07) is 4.19. The minimum absolute atomic E-state index is 0.946. The van der Waals surface area contributed by atoms with Crippen LogP contribution in [0.4, 0.5) is 0 Å². The fraction of sp³-hybridized carbons (Fsp3) is 0.545. The monoisotopic (exact) mass is 176 g/mol. The van der Waals surface area contributed by atoms with Crippen LogP contribution in [0.1, 0.15) is 18.9 Å². The first kappa shape index (κ1) is 8.70. The first-order valence-corrected chi connectivity index (χ1v) is 4.99. The van der Waals surface area contributed by atoms with Crippen molar-refractivity contribution in [1.82, 2.24) is 9.88 Å². The summed E-state index contributed by atoms with van der Waals surface area (Å²) in [7, 11) is 0. The Morgan fingerprint density at radius 1 is 1.38 bits per heavy atom. The molecule has 0 spiro atoms. The van der Waals surface area contributed by atoms with Crippen molar-refractivity contribution in [3.8, 4) is 0 Å². The molecule has 1 saturated heterocycles. The normalized spacial score (nSPS) is 18.5. The summed E-state index contributed by atoms with van der Waals surface area (Å²) < 4.78 is 0. The molecular formula is C11H16N2. The molecule has 0 radical (unpaired) electrons. The van der Waals surface area contributed by atoms with E-state index in [1.54, 1.807) is 0 Å². The van der Waals surface area contributed by atoms with E-state index in [4.69, 9.17) is 0 Å². The molecule has 0 atom stereocenters. The lowest BCUT2D eigenvalue weighted by molar-refractivity contribution is 0.0899. The fourth-order valence-corrected chi connectivity index (χ4v) is 1.81. The average Bonchev–Trinajstić information content (AvgIpc) is 2.12. The van der Waals surface area contributed by atoms with Crippen LogP contribution in [0.5, 0.6) is 0 Å². The van der Waals surface area contributed by atoms with Gasteiger partial charge < -0.3 is 0 Å². The van der Waals surface area contributed by atoms with E-state index in [1.165, 1.54) is 25.1 Å². The van der Waals surface area contributed by atoms with Gasteiger partial charge in [0.1, 0.15) is 0 Å². The Bertz CT molecular complexity index is 252. The van der Waals surface area contributed by atoms with E-state index in [0.717, 1.165) is 12.5 Å². The third-order valence-electron chi connectivity index (χ3n) is 2.77. The van der Waals surface area contributed by atoms with Crippen molar-refractivity contribution < 1.29 is 0 Å². The van der Waals surface area contributed by atoms with Crippen molar-refractivity contribution in [3.05, 3.63) is 30.1 Å². The van der Waals surface area contributed by atoms with E-state index in [2.05, 4.69) is 28.9 Å². The number of hydrogen-bond acceptors (Lipinski definition) is 2. The van der Waals surface area contributed by atoms with E-state index in [0.29, 0.717) is 0 Å². The van der Waals surface area contributed by atoms with Gasteiger partial charge in [-0.15, -0.1) is 0 Å². The van der Waals surface area contributed by atoms with Gasteiger partial charge in [-0.3, -0.25) is 9.88 Å². The van der Waals surface area contributed by atoms with Gasteiger partial charge in [0.05, 0.1) is 0 Å². The summed E-state index contributed by atoms with van der Waals surface area (Å²) in [5.74, 6) is 0.946. The van der Waals surface area contributed by atoms with Gasteiger partial charge in [-0.1, -0.05) is 13.3 Å². The Balaban J connectivity index is 1.81. The predicted molar refractivity (Wildman–Crippen MR) is 53.3 cm³/mol. The Labute approximate surface area is 79.6 Å². The highest BCUT2D eigenvalue weighted by molar-refractivity contribution is 5.09. The predicted octanol–water partition coefficient (Wildman–Crippen LogP) is 1.92. The second kappa shape index (κ2) is 3.88. The van der Waals surface area contributed by atoms with Gasteiger partial charge in [0, 0.05) is 32.0 Å². The second-order valence-corrected chi connectivity index (χ2v) is 3.82. The summed E-state index contributed by atoms with van der Waals surface area (Å²) in [5.41, 5.74) is 1.38. The minimum atomic E-state index is 0.946. The molecule has 2 heteroatoms. The van der Waals surface area contributed by atoms with Crippen molar-refractivity contribution in [3.63, 3.8) is 0 Å². The van der Waals surface area contributed by atoms with Gasteiger partial charge in [-0.2, -0.15) is 0 Å². The molecule has 0 amide bonds. The van der Waals surface area contributed by atoms with E-state index in [1.807, 2.05) is 12.4 Å². The molecule has 1 aromatic heterocycles. The molecule has 1 aliphatic heterocycles. The Hall–Kier alpha value is -0.890. The highest BCUT2D eigenvalue weighted by atomic mass is 15.2. The van der Waals surface area contributed by atoms with Gasteiger partial charge in [0.2, 0.25) is 0 Å². The molecule has 2 heterocycles. The zero-order valence-electron chi connectivity index (χ0n) is 8.11. The molecule has 2 nitrogen and oxygen atoms in total. The fourth-order valence-electron chi connectivity index (χ4n) is 1.81. The molecule has 70 valence electrons. The molecule has 2 rings (SSSR count). The van der Waals surface area contributed by atoms with Gasteiger partial charge in [-0.25, -0.2) is 0 Å². The van der Waals surface area contributed by atoms with Crippen LogP contribution < -0.4 is 0 Å². The summed E-state index contributed by atoms with van der Waals surface area (Å²) in [6.45, 7) is 5.92. The van der Waals surface area contributed by atoms with Crippen molar-refractivity contribution >= 4 is 0 Å². The number of nitrogens with zero attached hydrogens (tertiary/aromatic N) is 2. The molecule has 0 N–H and O–H groups in total. The zero-order chi connectivity index (χ0) is 9.10. The number of hydrogen-bond donors (Lipinski definition) is 0. The minimum Gasteiger partial charge on any atom is -0.298 e. The van der Waals surface area contributed by atoms with E-state index in [9.17, 15) is 0 Å². The summed E-state index contributed by atoms with van der Waals surface area (Å²) in [6.07, 6.45) is 5.06. The standard InChI is InChI=1S/C11H16N2/c1-2-10-7-13(8-10)9-11-3-5-12-6-4-11/h3-6,10H,2,7-9H2,1H3. The molecule has 0 bridgehead atoms. The maximum absolute atomic E-state index is 4.01. The molecule has 1 aliphatic rings. The molecular weight excluding hydrogens is 160 g/mol. The Morgan fingerprint density at radius 2 is 2.08 bits per heavy atom. The van der Waals surface area contributed by atoms with Crippen LogP contribution in [0.3, 0.4) is 0 Å². The van der Waals surface area contributed by atoms with Crippen molar-refractivity contribution in [2.75, 3.05) is 13.1 Å². The smallest absolute Gasteiger partial charge is 0.0271 e.